The summed E-state index contributed by atoms with van der Waals surface area (Å²) in [6, 6.07) is 16.4. The number of aromatic nitrogens is 3. The molecule has 9 nitrogen and oxygen atoms in total. The fraction of sp³-hybridized carbons (Fsp3) is 0.393. The Bertz CT molecular complexity index is 1180. The summed E-state index contributed by atoms with van der Waals surface area (Å²) < 4.78 is 17.6. The van der Waals surface area contributed by atoms with Crippen LogP contribution in [0.1, 0.15) is 55.2 Å². The number of carbonyl (C=O) groups excluding carboxylic acids is 3. The van der Waals surface area contributed by atoms with Crippen LogP contribution in [0.3, 0.4) is 0 Å². The summed E-state index contributed by atoms with van der Waals surface area (Å²) in [6.45, 7) is 5.50. The predicted molar refractivity (Wildman–Crippen MR) is 136 cm³/mol. The minimum atomic E-state index is -0.644. The van der Waals surface area contributed by atoms with Crippen molar-refractivity contribution in [3.8, 4) is 5.75 Å². The Morgan fingerprint density at radius 3 is 2.35 bits per heavy atom. The van der Waals surface area contributed by atoms with Gasteiger partial charge in [0.2, 0.25) is 0 Å². The molecule has 196 valence electrons. The topological polar surface area (TPSA) is 110 Å². The van der Waals surface area contributed by atoms with E-state index in [0.717, 1.165) is 5.56 Å². The van der Waals surface area contributed by atoms with Crippen molar-refractivity contribution >= 4 is 17.7 Å². The number of rotatable bonds is 12. The molecule has 0 aliphatic heterocycles. The Morgan fingerprint density at radius 2 is 1.70 bits per heavy atom. The van der Waals surface area contributed by atoms with Crippen LogP contribution in [-0.4, -0.2) is 45.4 Å². The number of hydrogen-bond acceptors (Lipinski definition) is 8. The fourth-order valence-electron chi connectivity index (χ4n) is 3.66. The lowest BCUT2D eigenvalue weighted by Crippen LogP contribution is -2.28. The molecule has 3 aromatic rings. The number of hydrogen-bond donors (Lipinski definition) is 0. The van der Waals surface area contributed by atoms with Crippen molar-refractivity contribution in [1.82, 2.24) is 15.0 Å². The minimum Gasteiger partial charge on any atom is -0.471 e. The maximum absolute atomic E-state index is 12.3. The van der Waals surface area contributed by atoms with E-state index < -0.39 is 23.5 Å². The number of nitrogens with zero attached hydrogens (tertiary/aromatic N) is 3. The largest absolute Gasteiger partial charge is 0.471 e. The second-order valence-electron chi connectivity index (χ2n) is 9.67. The third-order valence-corrected chi connectivity index (χ3v) is 5.43. The second kappa shape index (κ2) is 12.8. The first-order chi connectivity index (χ1) is 17.6. The third-order valence-electron chi connectivity index (χ3n) is 5.43. The molecule has 0 aliphatic rings. The van der Waals surface area contributed by atoms with E-state index in [2.05, 4.69) is 10.3 Å². The van der Waals surface area contributed by atoms with Crippen LogP contribution >= 0.6 is 0 Å². The summed E-state index contributed by atoms with van der Waals surface area (Å²) in [6.07, 6.45) is 2.87. The molecule has 0 radical (unpaired) electrons. The van der Waals surface area contributed by atoms with Crippen molar-refractivity contribution in [3.63, 3.8) is 0 Å². The Morgan fingerprint density at radius 1 is 1.00 bits per heavy atom. The van der Waals surface area contributed by atoms with E-state index in [9.17, 15) is 14.4 Å². The van der Waals surface area contributed by atoms with Gasteiger partial charge in [0, 0.05) is 18.4 Å². The Kier molecular flexibility index (Phi) is 9.54. The molecule has 9 heteroatoms. The molecule has 1 heterocycles. The van der Waals surface area contributed by atoms with Crippen LogP contribution in [-0.2, 0) is 38.6 Å². The van der Waals surface area contributed by atoms with Crippen molar-refractivity contribution in [1.29, 1.82) is 0 Å². The quantitative estimate of drug-likeness (QED) is 0.265. The van der Waals surface area contributed by atoms with Crippen LogP contribution in [0, 0.1) is 5.92 Å². The third kappa shape index (κ3) is 9.18. The van der Waals surface area contributed by atoms with Crippen molar-refractivity contribution in [2.75, 3.05) is 7.11 Å². The van der Waals surface area contributed by atoms with Gasteiger partial charge in [-0.15, -0.1) is 5.10 Å². The number of methoxy groups -OCH3 is 1. The van der Waals surface area contributed by atoms with Gasteiger partial charge in [-0.2, -0.15) is 0 Å². The first-order valence-electron chi connectivity index (χ1n) is 12.1. The minimum absolute atomic E-state index is 0.0617. The van der Waals surface area contributed by atoms with Crippen LogP contribution in [0.15, 0.2) is 60.8 Å². The molecule has 0 aliphatic carbocycles. The zero-order valence-corrected chi connectivity index (χ0v) is 21.7. The van der Waals surface area contributed by atoms with Gasteiger partial charge in [0.1, 0.15) is 11.4 Å². The summed E-state index contributed by atoms with van der Waals surface area (Å²) in [5.74, 6) is -0.874. The summed E-state index contributed by atoms with van der Waals surface area (Å²) in [4.78, 5) is 36.7. The molecular formula is C28H33N3O6. The van der Waals surface area contributed by atoms with E-state index in [1.807, 2.05) is 30.3 Å². The highest BCUT2D eigenvalue weighted by Crippen LogP contribution is 2.20. The van der Waals surface area contributed by atoms with Gasteiger partial charge in [-0.3, -0.25) is 14.4 Å². The van der Waals surface area contributed by atoms with E-state index in [1.54, 1.807) is 55.9 Å². The maximum Gasteiger partial charge on any atom is 0.309 e. The van der Waals surface area contributed by atoms with Crippen molar-refractivity contribution in [2.24, 2.45) is 5.92 Å². The Hall–Kier alpha value is -4.01. The van der Waals surface area contributed by atoms with Crippen molar-refractivity contribution in [2.45, 2.75) is 58.8 Å². The van der Waals surface area contributed by atoms with Gasteiger partial charge in [0.25, 0.3) is 0 Å². The highest BCUT2D eigenvalue weighted by atomic mass is 16.6. The Labute approximate surface area is 216 Å². The van der Waals surface area contributed by atoms with Gasteiger partial charge in [0.15, 0.2) is 12.5 Å². The van der Waals surface area contributed by atoms with Crippen LogP contribution in [0.25, 0.3) is 0 Å². The lowest BCUT2D eigenvalue weighted by molar-refractivity contribution is -0.160. The average molecular weight is 508 g/mol. The summed E-state index contributed by atoms with van der Waals surface area (Å²) in [7, 11) is 1.30. The number of ether oxygens (including phenoxy) is 3. The number of Topliss-reactive ketones (excluding diaryl/α,β-unsaturated/α-hetero) is 1. The standard InChI is InChI=1S/C28H33N3O6/c1-28(2,3)37-26(33)17-22(27(34)35-4)16-20-10-13-24(14-11-20)36-19-31-18-23(29-30-31)12-15-25(32)21-8-6-5-7-9-21/h5-11,13-14,18,22H,12,15-17,19H2,1-4H3. The average Bonchev–Trinajstić information content (AvgIpc) is 3.33. The number of aryl methyl sites for hydroxylation is 1. The molecule has 0 saturated carbocycles. The lowest BCUT2D eigenvalue weighted by atomic mass is 9.96. The number of benzene rings is 2. The molecule has 37 heavy (non-hydrogen) atoms. The van der Waals surface area contributed by atoms with E-state index in [0.29, 0.717) is 36.3 Å². The number of esters is 2. The molecule has 0 amide bonds. The zero-order chi connectivity index (χ0) is 26.8. The maximum atomic E-state index is 12.3. The second-order valence-corrected chi connectivity index (χ2v) is 9.67. The lowest BCUT2D eigenvalue weighted by Gasteiger charge is -2.21. The molecule has 1 atom stereocenters. The molecule has 1 aromatic heterocycles. The number of carbonyl (C=O) groups is 3. The summed E-state index contributed by atoms with van der Waals surface area (Å²) in [5.41, 5.74) is 1.63. The summed E-state index contributed by atoms with van der Waals surface area (Å²) in [5, 5.41) is 8.17. The fourth-order valence-corrected chi connectivity index (χ4v) is 3.66. The van der Waals surface area contributed by atoms with Gasteiger partial charge in [-0.1, -0.05) is 47.7 Å². The van der Waals surface area contributed by atoms with Gasteiger partial charge >= 0.3 is 11.9 Å². The normalized spacial score (nSPS) is 12.0. The molecule has 0 fully saturated rings. The van der Waals surface area contributed by atoms with Gasteiger partial charge in [-0.25, -0.2) is 4.68 Å². The van der Waals surface area contributed by atoms with Crippen LogP contribution in [0.4, 0.5) is 0 Å². The van der Waals surface area contributed by atoms with Crippen molar-refractivity contribution < 1.29 is 28.6 Å². The van der Waals surface area contributed by atoms with Gasteiger partial charge in [0.05, 0.1) is 31.3 Å². The molecular weight excluding hydrogens is 474 g/mol. The molecule has 2 aromatic carbocycles. The molecule has 0 N–H and O–H groups in total. The first-order valence-corrected chi connectivity index (χ1v) is 12.1. The van der Waals surface area contributed by atoms with Crippen LogP contribution in [0.5, 0.6) is 5.75 Å². The monoisotopic (exact) mass is 507 g/mol. The smallest absolute Gasteiger partial charge is 0.309 e. The van der Waals surface area contributed by atoms with Crippen LogP contribution in [0.2, 0.25) is 0 Å². The zero-order valence-electron chi connectivity index (χ0n) is 21.7. The molecule has 0 spiro atoms. The highest BCUT2D eigenvalue weighted by Gasteiger charge is 2.26. The number of ketones is 1. The molecule has 3 rings (SSSR count). The SMILES string of the molecule is COC(=O)C(CC(=O)OC(C)(C)C)Cc1ccc(OCn2cc(CCC(=O)c3ccccc3)nn2)cc1. The first kappa shape index (κ1) is 27.6. The summed E-state index contributed by atoms with van der Waals surface area (Å²) >= 11 is 0. The van der Waals surface area contributed by atoms with Gasteiger partial charge in [-0.05, 0) is 44.9 Å². The molecule has 1 unspecified atom stereocenters. The predicted octanol–water partition coefficient (Wildman–Crippen LogP) is 4.19. The Balaban J connectivity index is 1.49. The van der Waals surface area contributed by atoms with E-state index in [1.165, 1.54) is 7.11 Å². The molecule has 0 saturated heterocycles. The highest BCUT2D eigenvalue weighted by molar-refractivity contribution is 5.96. The van der Waals surface area contributed by atoms with E-state index in [-0.39, 0.29) is 18.9 Å². The van der Waals surface area contributed by atoms with E-state index in [4.69, 9.17) is 14.2 Å². The van der Waals surface area contributed by atoms with Gasteiger partial charge < -0.3 is 14.2 Å². The molecule has 0 bridgehead atoms. The van der Waals surface area contributed by atoms with Crippen LogP contribution < -0.4 is 4.74 Å². The van der Waals surface area contributed by atoms with E-state index >= 15 is 0 Å². The van der Waals surface area contributed by atoms with Crippen molar-refractivity contribution in [3.05, 3.63) is 77.6 Å².